The third-order valence-corrected chi connectivity index (χ3v) is 5.70. The van der Waals surface area contributed by atoms with Gasteiger partial charge in [-0.2, -0.15) is 13.2 Å². The molecule has 1 atom stereocenters. The van der Waals surface area contributed by atoms with Gasteiger partial charge in [-0.15, -0.1) is 0 Å². The van der Waals surface area contributed by atoms with Gasteiger partial charge in [0, 0.05) is 25.2 Å². The van der Waals surface area contributed by atoms with Gasteiger partial charge in [0.05, 0.1) is 23.7 Å². The Hall–Kier alpha value is -3.43. The van der Waals surface area contributed by atoms with Crippen molar-refractivity contribution in [3.8, 4) is 11.6 Å². The largest absolute Gasteiger partial charge is 0.439 e. The number of carbonyl (C=O) groups excluding carboxylic acids is 2. The molecule has 10 heteroatoms. The lowest BCUT2D eigenvalue weighted by molar-refractivity contribution is -0.138. The molecule has 1 saturated heterocycles. The van der Waals surface area contributed by atoms with Crippen molar-refractivity contribution in [2.24, 2.45) is 5.92 Å². The van der Waals surface area contributed by atoms with Crippen molar-refractivity contribution in [3.63, 3.8) is 0 Å². The fourth-order valence-electron chi connectivity index (χ4n) is 3.97. The van der Waals surface area contributed by atoms with Crippen LogP contribution in [0.15, 0.2) is 43.2 Å². The minimum absolute atomic E-state index is 0.0289. The summed E-state index contributed by atoms with van der Waals surface area (Å²) in [6, 6.07) is 4.38. The Kier molecular flexibility index (Phi) is 5.86. The molecule has 1 fully saturated rings. The molecule has 0 N–H and O–H groups in total. The first kappa shape index (κ1) is 21.8. The second kappa shape index (κ2) is 8.60. The SMILES string of the molecule is C=CC(=O)N1CC[C@H](C(=O)N2CCc3c(ncnc3Oc3ccc(C(F)(F)F)cc3)C2)C1. The number of amides is 2. The number of rotatable bonds is 4. The number of benzene rings is 1. The van der Waals surface area contributed by atoms with Crippen LogP contribution in [0.4, 0.5) is 13.2 Å². The molecule has 4 rings (SSSR count). The van der Waals surface area contributed by atoms with Crippen LogP contribution in [0.25, 0.3) is 0 Å². The van der Waals surface area contributed by atoms with Gasteiger partial charge in [-0.3, -0.25) is 9.59 Å². The van der Waals surface area contributed by atoms with Crippen LogP contribution in [-0.4, -0.2) is 51.2 Å². The number of carbonyl (C=O) groups is 2. The number of hydrogen-bond donors (Lipinski definition) is 0. The Balaban J connectivity index is 1.44. The first-order chi connectivity index (χ1) is 15.3. The number of likely N-dealkylation sites (tertiary alicyclic amines) is 1. The standard InChI is InChI=1S/C22H21F3N4O3/c1-2-19(30)28-9-7-14(11-28)21(31)29-10-8-17-18(12-29)26-13-27-20(17)32-16-5-3-15(4-6-16)22(23,24)25/h2-6,13-14H,1,7-12H2/t14-/m0/s1. The predicted molar refractivity (Wildman–Crippen MR) is 108 cm³/mol. The molecule has 2 aliphatic heterocycles. The topological polar surface area (TPSA) is 75.6 Å². The smallest absolute Gasteiger partial charge is 0.416 e. The van der Waals surface area contributed by atoms with Gasteiger partial charge in [-0.05, 0) is 43.2 Å². The molecular formula is C22H21F3N4O3. The lowest BCUT2D eigenvalue weighted by Gasteiger charge is -2.30. The van der Waals surface area contributed by atoms with Gasteiger partial charge >= 0.3 is 6.18 Å². The van der Waals surface area contributed by atoms with Crippen LogP contribution in [0, 0.1) is 5.92 Å². The maximum absolute atomic E-state index is 13.0. The van der Waals surface area contributed by atoms with Crippen LogP contribution in [0.3, 0.4) is 0 Å². The highest BCUT2D eigenvalue weighted by Gasteiger charge is 2.35. The summed E-state index contributed by atoms with van der Waals surface area (Å²) in [5.74, 6) is 0.0342. The summed E-state index contributed by atoms with van der Waals surface area (Å²) in [6.07, 6.45) is -0.795. The number of halogens is 3. The molecule has 32 heavy (non-hydrogen) atoms. The lowest BCUT2D eigenvalue weighted by Crippen LogP contribution is -2.41. The average molecular weight is 446 g/mol. The molecule has 3 heterocycles. The van der Waals surface area contributed by atoms with Gasteiger partial charge in [0.25, 0.3) is 0 Å². The summed E-state index contributed by atoms with van der Waals surface area (Å²) >= 11 is 0. The fraction of sp³-hybridized carbons (Fsp3) is 0.364. The van der Waals surface area contributed by atoms with Crippen molar-refractivity contribution in [2.75, 3.05) is 19.6 Å². The highest BCUT2D eigenvalue weighted by atomic mass is 19.4. The molecule has 1 aromatic heterocycles. The van der Waals surface area contributed by atoms with E-state index in [2.05, 4.69) is 16.5 Å². The van der Waals surface area contributed by atoms with Gasteiger partial charge in [0.2, 0.25) is 17.7 Å². The summed E-state index contributed by atoms with van der Waals surface area (Å²) < 4.78 is 44.0. The van der Waals surface area contributed by atoms with E-state index < -0.39 is 11.7 Å². The second-order valence-corrected chi connectivity index (χ2v) is 7.71. The van der Waals surface area contributed by atoms with E-state index in [1.807, 2.05) is 0 Å². The Morgan fingerprint density at radius 1 is 1.12 bits per heavy atom. The lowest BCUT2D eigenvalue weighted by atomic mass is 10.0. The quantitative estimate of drug-likeness (QED) is 0.675. The van der Waals surface area contributed by atoms with Gasteiger partial charge in [0.1, 0.15) is 12.1 Å². The molecule has 0 saturated carbocycles. The minimum atomic E-state index is -4.42. The van der Waals surface area contributed by atoms with Crippen molar-refractivity contribution < 1.29 is 27.5 Å². The molecule has 1 aromatic carbocycles. The zero-order chi connectivity index (χ0) is 22.9. The van der Waals surface area contributed by atoms with Crippen molar-refractivity contribution in [2.45, 2.75) is 25.6 Å². The van der Waals surface area contributed by atoms with Crippen molar-refractivity contribution in [1.29, 1.82) is 0 Å². The van der Waals surface area contributed by atoms with E-state index in [0.717, 1.165) is 17.7 Å². The Bertz CT molecular complexity index is 1040. The summed E-state index contributed by atoms with van der Waals surface area (Å²) in [5.41, 5.74) is 0.605. The number of nitrogens with zero attached hydrogens (tertiary/aromatic N) is 4. The summed E-state index contributed by atoms with van der Waals surface area (Å²) in [5, 5.41) is 0. The fourth-order valence-corrected chi connectivity index (χ4v) is 3.97. The summed E-state index contributed by atoms with van der Waals surface area (Å²) in [7, 11) is 0. The van der Waals surface area contributed by atoms with E-state index in [1.165, 1.54) is 24.5 Å². The van der Waals surface area contributed by atoms with Gasteiger partial charge < -0.3 is 14.5 Å². The zero-order valence-electron chi connectivity index (χ0n) is 17.1. The third kappa shape index (κ3) is 4.44. The number of hydrogen-bond acceptors (Lipinski definition) is 5. The highest BCUT2D eigenvalue weighted by molar-refractivity contribution is 5.88. The van der Waals surface area contributed by atoms with Gasteiger partial charge in [0.15, 0.2) is 0 Å². The molecule has 168 valence electrons. The van der Waals surface area contributed by atoms with Crippen molar-refractivity contribution in [1.82, 2.24) is 19.8 Å². The van der Waals surface area contributed by atoms with E-state index in [9.17, 15) is 22.8 Å². The Labute approximate surface area is 182 Å². The van der Waals surface area contributed by atoms with E-state index in [1.54, 1.807) is 9.80 Å². The predicted octanol–water partition coefficient (Wildman–Crippen LogP) is 3.21. The van der Waals surface area contributed by atoms with Crippen LogP contribution in [-0.2, 0) is 28.7 Å². The molecular weight excluding hydrogens is 425 g/mol. The van der Waals surface area contributed by atoms with Crippen molar-refractivity contribution >= 4 is 11.8 Å². The van der Waals surface area contributed by atoms with Crippen LogP contribution in [0.2, 0.25) is 0 Å². The van der Waals surface area contributed by atoms with Crippen LogP contribution in [0.1, 0.15) is 23.2 Å². The monoisotopic (exact) mass is 446 g/mol. The molecule has 0 radical (unpaired) electrons. The molecule has 2 amide bonds. The van der Waals surface area contributed by atoms with E-state index in [4.69, 9.17) is 4.74 Å². The zero-order valence-corrected chi connectivity index (χ0v) is 17.1. The van der Waals surface area contributed by atoms with Crippen LogP contribution < -0.4 is 4.74 Å². The Morgan fingerprint density at radius 2 is 1.88 bits per heavy atom. The maximum atomic E-state index is 13.0. The number of ether oxygens (including phenoxy) is 1. The van der Waals surface area contributed by atoms with Gasteiger partial charge in [-0.25, -0.2) is 9.97 Å². The highest BCUT2D eigenvalue weighted by Crippen LogP contribution is 2.33. The molecule has 2 aliphatic rings. The molecule has 0 aliphatic carbocycles. The molecule has 7 nitrogen and oxygen atoms in total. The summed E-state index contributed by atoms with van der Waals surface area (Å²) in [6.45, 7) is 5.10. The van der Waals surface area contributed by atoms with Crippen molar-refractivity contribution in [3.05, 3.63) is 60.1 Å². The number of fused-ring (bicyclic) bond motifs is 1. The minimum Gasteiger partial charge on any atom is -0.439 e. The van der Waals surface area contributed by atoms with Crippen LogP contribution >= 0.6 is 0 Å². The number of aromatic nitrogens is 2. The van der Waals surface area contributed by atoms with E-state index >= 15 is 0 Å². The molecule has 0 bridgehead atoms. The third-order valence-electron chi connectivity index (χ3n) is 5.70. The second-order valence-electron chi connectivity index (χ2n) is 7.71. The average Bonchev–Trinajstić information content (AvgIpc) is 3.28. The first-order valence-corrected chi connectivity index (χ1v) is 10.1. The van der Waals surface area contributed by atoms with E-state index in [-0.39, 0.29) is 35.9 Å². The normalized spacial score (nSPS) is 18.3. The molecule has 0 spiro atoms. The maximum Gasteiger partial charge on any atom is 0.416 e. The Morgan fingerprint density at radius 3 is 2.56 bits per heavy atom. The molecule has 2 aromatic rings. The van der Waals surface area contributed by atoms with Crippen LogP contribution in [0.5, 0.6) is 11.6 Å². The summed E-state index contributed by atoms with van der Waals surface area (Å²) in [4.78, 5) is 36.5. The first-order valence-electron chi connectivity index (χ1n) is 10.1. The number of alkyl halides is 3. The van der Waals surface area contributed by atoms with E-state index in [0.29, 0.717) is 38.2 Å². The van der Waals surface area contributed by atoms with Gasteiger partial charge in [-0.1, -0.05) is 6.58 Å². The molecule has 0 unspecified atom stereocenters.